The molecule has 1 aliphatic heterocycles. The van der Waals surface area contributed by atoms with Gasteiger partial charge in [0.1, 0.15) is 5.75 Å². The number of halogens is 1. The molecular formula is C20H17FN2O. The van der Waals surface area contributed by atoms with E-state index in [4.69, 9.17) is 4.74 Å². The van der Waals surface area contributed by atoms with E-state index in [1.165, 1.54) is 0 Å². The number of fused-ring (bicyclic) bond motifs is 2. The van der Waals surface area contributed by atoms with E-state index in [1.54, 1.807) is 20.0 Å². The van der Waals surface area contributed by atoms with Crippen molar-refractivity contribution in [3.8, 4) is 5.75 Å². The first kappa shape index (κ1) is 14.8. The van der Waals surface area contributed by atoms with Gasteiger partial charge in [0.15, 0.2) is 5.60 Å². The molecular weight excluding hydrogens is 303 g/mol. The van der Waals surface area contributed by atoms with Crippen molar-refractivity contribution in [2.24, 2.45) is 4.99 Å². The van der Waals surface area contributed by atoms with Crippen LogP contribution in [-0.4, -0.2) is 22.6 Å². The molecule has 1 aromatic heterocycles. The van der Waals surface area contributed by atoms with Gasteiger partial charge in [-0.2, -0.15) is 0 Å². The minimum Gasteiger partial charge on any atom is -0.482 e. The number of ether oxygens (including phenoxy) is 1. The van der Waals surface area contributed by atoms with Gasteiger partial charge in [-0.05, 0) is 38.1 Å². The van der Waals surface area contributed by atoms with Crippen molar-refractivity contribution >= 4 is 16.6 Å². The van der Waals surface area contributed by atoms with Crippen LogP contribution in [0.1, 0.15) is 25.0 Å². The molecule has 4 rings (SSSR count). The Hall–Kier alpha value is -2.75. The molecule has 0 aliphatic carbocycles. The van der Waals surface area contributed by atoms with Crippen molar-refractivity contribution in [3.05, 3.63) is 71.9 Å². The molecule has 0 saturated carbocycles. The number of pyridine rings is 1. The van der Waals surface area contributed by atoms with Gasteiger partial charge in [0, 0.05) is 22.7 Å². The number of benzene rings is 2. The smallest absolute Gasteiger partial charge is 0.229 e. The van der Waals surface area contributed by atoms with Crippen molar-refractivity contribution in [1.82, 2.24) is 4.98 Å². The van der Waals surface area contributed by atoms with Gasteiger partial charge in [0.2, 0.25) is 6.30 Å². The van der Waals surface area contributed by atoms with E-state index in [2.05, 4.69) is 9.98 Å². The van der Waals surface area contributed by atoms with E-state index < -0.39 is 11.9 Å². The molecule has 3 aromatic rings. The number of hydrogen-bond acceptors (Lipinski definition) is 3. The number of hydrogen-bond donors (Lipinski definition) is 0. The first-order valence-electron chi connectivity index (χ1n) is 7.90. The van der Waals surface area contributed by atoms with Crippen molar-refractivity contribution in [2.45, 2.75) is 25.7 Å². The highest BCUT2D eigenvalue weighted by Crippen LogP contribution is 2.33. The molecule has 24 heavy (non-hydrogen) atoms. The summed E-state index contributed by atoms with van der Waals surface area (Å²) in [6, 6.07) is 17.4. The predicted octanol–water partition coefficient (Wildman–Crippen LogP) is 4.54. The average Bonchev–Trinajstić information content (AvgIpc) is 2.69. The van der Waals surface area contributed by atoms with E-state index in [9.17, 15) is 4.39 Å². The fraction of sp³-hybridized carbons (Fsp3) is 0.200. The highest BCUT2D eigenvalue weighted by Gasteiger charge is 2.36. The lowest BCUT2D eigenvalue weighted by molar-refractivity contribution is 0.0273. The second kappa shape index (κ2) is 5.41. The summed E-state index contributed by atoms with van der Waals surface area (Å²) in [5.41, 5.74) is 2.01. The van der Waals surface area contributed by atoms with E-state index in [-0.39, 0.29) is 0 Å². The number of aliphatic imine (C=N–C) groups is 1. The third-order valence-electron chi connectivity index (χ3n) is 4.20. The Balaban J connectivity index is 1.94. The van der Waals surface area contributed by atoms with Gasteiger partial charge in [0.05, 0.1) is 11.2 Å². The van der Waals surface area contributed by atoms with Crippen molar-refractivity contribution in [3.63, 3.8) is 0 Å². The fourth-order valence-electron chi connectivity index (χ4n) is 2.85. The minimum absolute atomic E-state index is 0.571. The van der Waals surface area contributed by atoms with Gasteiger partial charge in [-0.1, -0.05) is 30.3 Å². The maximum absolute atomic E-state index is 14.7. The standard InChI is InChI=1S/C20H17FN2O/c1-20(2)19(21)23-18(15-8-4-6-10-17(15)24-20)14-11-13-7-3-5-9-16(13)22-12-14/h3-12,19H,1-2H3. The largest absolute Gasteiger partial charge is 0.482 e. The van der Waals surface area contributed by atoms with Gasteiger partial charge in [-0.15, -0.1) is 0 Å². The van der Waals surface area contributed by atoms with Gasteiger partial charge in [-0.3, -0.25) is 4.98 Å². The highest BCUT2D eigenvalue weighted by atomic mass is 19.1. The third-order valence-corrected chi connectivity index (χ3v) is 4.20. The molecule has 2 aromatic carbocycles. The van der Waals surface area contributed by atoms with E-state index in [0.29, 0.717) is 11.5 Å². The Labute approximate surface area is 139 Å². The van der Waals surface area contributed by atoms with Crippen LogP contribution in [0.5, 0.6) is 5.75 Å². The Bertz CT molecular complexity index is 949. The molecule has 4 heteroatoms. The summed E-state index contributed by atoms with van der Waals surface area (Å²) in [4.78, 5) is 8.81. The monoisotopic (exact) mass is 320 g/mol. The van der Waals surface area contributed by atoms with Crippen LogP contribution in [0.3, 0.4) is 0 Å². The second-order valence-electron chi connectivity index (χ2n) is 6.43. The average molecular weight is 320 g/mol. The molecule has 0 bridgehead atoms. The van der Waals surface area contributed by atoms with Crippen LogP contribution in [0.15, 0.2) is 65.8 Å². The van der Waals surface area contributed by atoms with Crippen molar-refractivity contribution < 1.29 is 9.13 Å². The maximum atomic E-state index is 14.7. The Morgan fingerprint density at radius 3 is 2.67 bits per heavy atom. The van der Waals surface area contributed by atoms with Gasteiger partial charge >= 0.3 is 0 Å². The quantitative estimate of drug-likeness (QED) is 0.617. The highest BCUT2D eigenvalue weighted by molar-refractivity contribution is 6.15. The summed E-state index contributed by atoms with van der Waals surface area (Å²) in [6.45, 7) is 3.42. The lowest BCUT2D eigenvalue weighted by Gasteiger charge is -2.26. The number of aromatic nitrogens is 1. The Morgan fingerprint density at radius 1 is 1.04 bits per heavy atom. The summed E-state index contributed by atoms with van der Waals surface area (Å²) >= 11 is 0. The van der Waals surface area contributed by atoms with Crippen LogP contribution < -0.4 is 4.74 Å². The van der Waals surface area contributed by atoms with Crippen molar-refractivity contribution in [2.75, 3.05) is 0 Å². The van der Waals surface area contributed by atoms with Crippen molar-refractivity contribution in [1.29, 1.82) is 0 Å². The lowest BCUT2D eigenvalue weighted by Crippen LogP contribution is -2.37. The molecule has 0 amide bonds. The third kappa shape index (κ3) is 2.44. The van der Waals surface area contributed by atoms with Crippen LogP contribution in [0.25, 0.3) is 10.9 Å². The van der Waals surface area contributed by atoms with Gasteiger partial charge < -0.3 is 4.74 Å². The fourth-order valence-corrected chi connectivity index (χ4v) is 2.85. The van der Waals surface area contributed by atoms with E-state index in [0.717, 1.165) is 22.0 Å². The second-order valence-corrected chi connectivity index (χ2v) is 6.43. The number of para-hydroxylation sites is 2. The minimum atomic E-state index is -1.47. The molecule has 1 atom stereocenters. The summed E-state index contributed by atoms with van der Waals surface area (Å²) in [5, 5.41) is 0.995. The van der Waals surface area contributed by atoms with Crippen LogP contribution in [0, 0.1) is 0 Å². The zero-order valence-electron chi connectivity index (χ0n) is 13.5. The summed E-state index contributed by atoms with van der Waals surface area (Å²) < 4.78 is 20.6. The van der Waals surface area contributed by atoms with Crippen LogP contribution in [0.4, 0.5) is 4.39 Å². The topological polar surface area (TPSA) is 34.5 Å². The molecule has 0 saturated heterocycles. The van der Waals surface area contributed by atoms with E-state index >= 15 is 0 Å². The molecule has 0 spiro atoms. The van der Waals surface area contributed by atoms with Gasteiger partial charge in [0.25, 0.3) is 0 Å². The molecule has 2 heterocycles. The summed E-state index contributed by atoms with van der Waals surface area (Å²) in [5.74, 6) is 0.634. The van der Waals surface area contributed by atoms with Crippen LogP contribution in [-0.2, 0) is 0 Å². The SMILES string of the molecule is CC1(C)Oc2ccccc2C(c2cnc3ccccc3c2)=NC1F. The zero-order valence-corrected chi connectivity index (χ0v) is 13.5. The predicted molar refractivity (Wildman–Crippen MR) is 93.4 cm³/mol. The molecule has 3 nitrogen and oxygen atoms in total. The summed E-state index contributed by atoms with van der Waals surface area (Å²) in [7, 11) is 0. The lowest BCUT2D eigenvalue weighted by atomic mass is 10.0. The van der Waals surface area contributed by atoms with Crippen LogP contribution in [0.2, 0.25) is 0 Å². The first-order chi connectivity index (χ1) is 11.5. The molecule has 0 radical (unpaired) electrons. The molecule has 120 valence electrons. The first-order valence-corrected chi connectivity index (χ1v) is 7.90. The Morgan fingerprint density at radius 2 is 1.79 bits per heavy atom. The number of rotatable bonds is 1. The zero-order chi connectivity index (χ0) is 16.7. The number of alkyl halides is 1. The molecule has 1 aliphatic rings. The van der Waals surface area contributed by atoms with E-state index in [1.807, 2.05) is 54.6 Å². The van der Waals surface area contributed by atoms with Gasteiger partial charge in [-0.25, -0.2) is 9.38 Å². The number of nitrogens with zero attached hydrogens (tertiary/aromatic N) is 2. The molecule has 1 unspecified atom stereocenters. The molecule has 0 N–H and O–H groups in total. The normalized spacial score (nSPS) is 19.1. The Kier molecular flexibility index (Phi) is 3.34. The van der Waals surface area contributed by atoms with Crippen LogP contribution >= 0.6 is 0 Å². The maximum Gasteiger partial charge on any atom is 0.229 e. The summed E-state index contributed by atoms with van der Waals surface area (Å²) in [6.07, 6.45) is 0.273. The molecule has 0 fully saturated rings.